The zero-order valence-electron chi connectivity index (χ0n) is 11.5. The van der Waals surface area contributed by atoms with Gasteiger partial charge < -0.3 is 5.32 Å². The van der Waals surface area contributed by atoms with Gasteiger partial charge in [-0.15, -0.1) is 11.3 Å². The predicted molar refractivity (Wildman–Crippen MR) is 77.3 cm³/mol. The van der Waals surface area contributed by atoms with Gasteiger partial charge in [0.1, 0.15) is 6.07 Å². The molecule has 2 heterocycles. The van der Waals surface area contributed by atoms with Crippen LogP contribution in [-0.2, 0) is 6.54 Å². The van der Waals surface area contributed by atoms with Crippen LogP contribution in [0.4, 0.5) is 5.69 Å². The number of aromatic nitrogens is 2. The smallest absolute Gasteiger partial charge is 0.103 e. The number of hydrogen-bond donors (Lipinski definition) is 1. The van der Waals surface area contributed by atoms with E-state index in [2.05, 4.69) is 28.3 Å². The largest absolute Gasteiger partial charge is 0.378 e. The molecule has 0 radical (unpaired) electrons. The highest BCUT2D eigenvalue weighted by molar-refractivity contribution is 7.11. The first kappa shape index (κ1) is 13.5. The molecule has 2 rings (SSSR count). The molecule has 2 aromatic rings. The van der Waals surface area contributed by atoms with Crippen LogP contribution in [0.15, 0.2) is 6.07 Å². The Kier molecular flexibility index (Phi) is 3.82. The van der Waals surface area contributed by atoms with E-state index in [0.717, 1.165) is 27.8 Å². The van der Waals surface area contributed by atoms with Crippen molar-refractivity contribution in [3.63, 3.8) is 0 Å². The Balaban J connectivity index is 2.25. The van der Waals surface area contributed by atoms with Crippen LogP contribution >= 0.6 is 11.3 Å². The summed E-state index contributed by atoms with van der Waals surface area (Å²) in [6.07, 6.45) is 0. The topological polar surface area (TPSA) is 61.6 Å². The lowest BCUT2D eigenvalue weighted by molar-refractivity contribution is 1.02. The quantitative estimate of drug-likeness (QED) is 0.931. The third-order valence-corrected chi connectivity index (χ3v) is 3.81. The van der Waals surface area contributed by atoms with Gasteiger partial charge in [-0.3, -0.25) is 4.98 Å². The number of hydrogen-bond acceptors (Lipinski definition) is 5. The number of aryl methyl sites for hydroxylation is 4. The number of rotatable bonds is 3. The third kappa shape index (κ3) is 2.91. The second-order valence-corrected chi connectivity index (χ2v) is 5.88. The van der Waals surface area contributed by atoms with Crippen LogP contribution in [0.1, 0.15) is 32.5 Å². The van der Waals surface area contributed by atoms with E-state index in [9.17, 15) is 5.26 Å². The molecule has 0 saturated carbocycles. The maximum Gasteiger partial charge on any atom is 0.103 e. The van der Waals surface area contributed by atoms with Crippen molar-refractivity contribution >= 4 is 17.0 Å². The number of pyridine rings is 1. The SMILES string of the molecule is Cc1cc(NCc2nc(C)sc2C)c(C#N)c(C)n1. The van der Waals surface area contributed by atoms with Crippen LogP contribution in [0.2, 0.25) is 0 Å². The Morgan fingerprint density at radius 2 is 2.00 bits per heavy atom. The van der Waals surface area contributed by atoms with E-state index >= 15 is 0 Å². The molecule has 0 saturated heterocycles. The fraction of sp³-hybridized carbons (Fsp3) is 0.357. The lowest BCUT2D eigenvalue weighted by Crippen LogP contribution is -2.05. The summed E-state index contributed by atoms with van der Waals surface area (Å²) in [5.41, 5.74) is 4.15. The van der Waals surface area contributed by atoms with E-state index in [1.807, 2.05) is 26.8 Å². The third-order valence-electron chi connectivity index (χ3n) is 2.89. The lowest BCUT2D eigenvalue weighted by atomic mass is 10.1. The molecule has 98 valence electrons. The molecule has 0 atom stereocenters. The van der Waals surface area contributed by atoms with E-state index in [4.69, 9.17) is 0 Å². The zero-order valence-corrected chi connectivity index (χ0v) is 12.4. The second-order valence-electron chi connectivity index (χ2n) is 4.47. The molecule has 0 unspecified atom stereocenters. The highest BCUT2D eigenvalue weighted by atomic mass is 32.1. The van der Waals surface area contributed by atoms with Crippen molar-refractivity contribution in [2.24, 2.45) is 0 Å². The fourth-order valence-electron chi connectivity index (χ4n) is 2.02. The first-order valence-electron chi connectivity index (χ1n) is 6.06. The summed E-state index contributed by atoms with van der Waals surface area (Å²) < 4.78 is 0. The highest BCUT2D eigenvalue weighted by Crippen LogP contribution is 2.21. The number of nitrogens with one attached hydrogen (secondary N) is 1. The van der Waals surface area contributed by atoms with Crippen LogP contribution in [0.25, 0.3) is 0 Å². The molecule has 0 fully saturated rings. The molecular formula is C14H16N4S. The van der Waals surface area contributed by atoms with Gasteiger partial charge in [-0.1, -0.05) is 0 Å². The van der Waals surface area contributed by atoms with E-state index in [0.29, 0.717) is 12.1 Å². The molecule has 0 bridgehead atoms. The molecule has 2 aromatic heterocycles. The molecule has 0 amide bonds. The Morgan fingerprint density at radius 3 is 2.58 bits per heavy atom. The summed E-state index contributed by atoms with van der Waals surface area (Å²) in [5, 5.41) is 13.6. The van der Waals surface area contributed by atoms with Crippen molar-refractivity contribution in [3.8, 4) is 6.07 Å². The van der Waals surface area contributed by atoms with Crippen LogP contribution in [0, 0.1) is 39.0 Å². The summed E-state index contributed by atoms with van der Waals surface area (Å²) in [6, 6.07) is 4.11. The first-order valence-corrected chi connectivity index (χ1v) is 6.88. The van der Waals surface area contributed by atoms with E-state index in [1.54, 1.807) is 11.3 Å². The van der Waals surface area contributed by atoms with Crippen molar-refractivity contribution < 1.29 is 0 Å². The lowest BCUT2D eigenvalue weighted by Gasteiger charge is -2.10. The van der Waals surface area contributed by atoms with Gasteiger partial charge in [0.2, 0.25) is 0 Å². The van der Waals surface area contributed by atoms with E-state index in [1.165, 1.54) is 4.88 Å². The summed E-state index contributed by atoms with van der Waals surface area (Å²) in [6.45, 7) is 8.48. The van der Waals surface area contributed by atoms with Crippen LogP contribution in [-0.4, -0.2) is 9.97 Å². The molecule has 5 heteroatoms. The molecule has 19 heavy (non-hydrogen) atoms. The summed E-state index contributed by atoms with van der Waals surface area (Å²) in [7, 11) is 0. The predicted octanol–water partition coefficient (Wildman–Crippen LogP) is 3.26. The van der Waals surface area contributed by atoms with Gasteiger partial charge in [0.25, 0.3) is 0 Å². The Labute approximate surface area is 117 Å². The van der Waals surface area contributed by atoms with Crippen LogP contribution in [0.5, 0.6) is 0 Å². The fourth-order valence-corrected chi connectivity index (χ4v) is 2.86. The number of anilines is 1. The average molecular weight is 272 g/mol. The van der Waals surface area contributed by atoms with Gasteiger partial charge in [0, 0.05) is 10.6 Å². The van der Waals surface area contributed by atoms with Gasteiger partial charge in [-0.2, -0.15) is 5.26 Å². The summed E-state index contributed by atoms with van der Waals surface area (Å²) in [5.74, 6) is 0. The molecule has 0 aliphatic heterocycles. The number of thiazole rings is 1. The maximum absolute atomic E-state index is 9.20. The van der Waals surface area contributed by atoms with E-state index in [-0.39, 0.29) is 0 Å². The van der Waals surface area contributed by atoms with Gasteiger partial charge in [0.15, 0.2) is 0 Å². The Bertz CT molecular complexity index is 652. The van der Waals surface area contributed by atoms with Gasteiger partial charge in [0.05, 0.1) is 34.2 Å². The normalized spacial score (nSPS) is 10.3. The molecule has 1 N–H and O–H groups in total. The van der Waals surface area contributed by atoms with Crippen LogP contribution in [0.3, 0.4) is 0 Å². The molecule has 0 spiro atoms. The Morgan fingerprint density at radius 1 is 1.26 bits per heavy atom. The van der Waals surface area contributed by atoms with Gasteiger partial charge in [-0.05, 0) is 33.8 Å². The van der Waals surface area contributed by atoms with Crippen molar-refractivity contribution in [3.05, 3.63) is 38.6 Å². The molecular weight excluding hydrogens is 256 g/mol. The standard InChI is InChI=1S/C14H16N4S/c1-8-5-13(12(6-15)9(2)17-8)16-7-14-10(3)19-11(4)18-14/h5H,7H2,1-4H3,(H,16,17). The number of nitrogens with zero attached hydrogens (tertiary/aromatic N) is 3. The van der Waals surface area contributed by atoms with Crippen molar-refractivity contribution in [1.82, 2.24) is 9.97 Å². The van der Waals surface area contributed by atoms with Crippen molar-refractivity contribution in [2.45, 2.75) is 34.2 Å². The van der Waals surface area contributed by atoms with Gasteiger partial charge >= 0.3 is 0 Å². The summed E-state index contributed by atoms with van der Waals surface area (Å²) in [4.78, 5) is 10.0. The van der Waals surface area contributed by atoms with Gasteiger partial charge in [-0.25, -0.2) is 4.98 Å². The Hall–Kier alpha value is -1.93. The minimum absolute atomic E-state index is 0.607. The first-order chi connectivity index (χ1) is 9.01. The van der Waals surface area contributed by atoms with Crippen molar-refractivity contribution in [1.29, 1.82) is 5.26 Å². The second kappa shape index (κ2) is 5.37. The van der Waals surface area contributed by atoms with Crippen LogP contribution < -0.4 is 5.32 Å². The average Bonchev–Trinajstić information content (AvgIpc) is 2.64. The maximum atomic E-state index is 9.20. The summed E-state index contributed by atoms with van der Waals surface area (Å²) >= 11 is 1.69. The number of nitriles is 1. The van der Waals surface area contributed by atoms with Crippen molar-refractivity contribution in [2.75, 3.05) is 5.32 Å². The molecule has 0 aromatic carbocycles. The molecule has 4 nitrogen and oxygen atoms in total. The molecule has 0 aliphatic rings. The monoisotopic (exact) mass is 272 g/mol. The zero-order chi connectivity index (χ0) is 14.0. The molecule has 0 aliphatic carbocycles. The minimum atomic E-state index is 0.607. The van der Waals surface area contributed by atoms with E-state index < -0.39 is 0 Å². The highest BCUT2D eigenvalue weighted by Gasteiger charge is 2.09. The minimum Gasteiger partial charge on any atom is -0.378 e.